The van der Waals surface area contributed by atoms with E-state index in [0.29, 0.717) is 31.9 Å². The van der Waals surface area contributed by atoms with Crippen molar-refractivity contribution in [1.29, 1.82) is 0 Å². The molecule has 0 radical (unpaired) electrons. The van der Waals surface area contributed by atoms with E-state index in [1.807, 2.05) is 11.0 Å². The summed E-state index contributed by atoms with van der Waals surface area (Å²) in [7, 11) is 5.11. The molecule has 2 amide bonds. The van der Waals surface area contributed by atoms with Crippen molar-refractivity contribution in [2.24, 2.45) is 5.41 Å². The first kappa shape index (κ1) is 19.9. The van der Waals surface area contributed by atoms with Crippen molar-refractivity contribution in [2.75, 3.05) is 54.0 Å². The number of piperidine rings is 2. The van der Waals surface area contributed by atoms with Crippen molar-refractivity contribution in [3.05, 3.63) is 23.7 Å². The largest absolute Gasteiger partial charge is 0.455 e. The van der Waals surface area contributed by atoms with E-state index in [9.17, 15) is 9.59 Å². The summed E-state index contributed by atoms with van der Waals surface area (Å²) in [6.45, 7) is 4.75. The highest BCUT2D eigenvalue weighted by molar-refractivity contribution is 5.91. The van der Waals surface area contributed by atoms with E-state index in [2.05, 4.69) is 4.90 Å². The number of hydrogen-bond acceptors (Lipinski definition) is 5. The van der Waals surface area contributed by atoms with Gasteiger partial charge in [0.1, 0.15) is 5.76 Å². The summed E-state index contributed by atoms with van der Waals surface area (Å²) < 4.78 is 10.9. The fourth-order valence-corrected chi connectivity index (χ4v) is 4.30. The van der Waals surface area contributed by atoms with Gasteiger partial charge in [-0.15, -0.1) is 0 Å². The van der Waals surface area contributed by atoms with Gasteiger partial charge >= 0.3 is 0 Å². The molecule has 1 aromatic rings. The molecule has 0 aromatic carbocycles. The molecule has 2 aliphatic heterocycles. The Hall–Kier alpha value is -1.86. The number of carbonyl (C=O) groups is 2. The lowest BCUT2D eigenvalue weighted by atomic mass is 9.73. The van der Waals surface area contributed by atoms with Crippen LogP contribution in [0.15, 0.2) is 16.5 Å². The Balaban J connectivity index is 1.62. The van der Waals surface area contributed by atoms with Gasteiger partial charge in [-0.3, -0.25) is 14.5 Å². The molecule has 2 fully saturated rings. The highest BCUT2D eigenvalue weighted by Crippen LogP contribution is 2.39. The number of nitrogens with zero attached hydrogens (tertiary/aromatic N) is 3. The van der Waals surface area contributed by atoms with E-state index in [0.717, 1.165) is 44.7 Å². The molecule has 0 bridgehead atoms. The van der Waals surface area contributed by atoms with Crippen LogP contribution in [0.2, 0.25) is 0 Å². The van der Waals surface area contributed by atoms with Crippen LogP contribution in [0.4, 0.5) is 0 Å². The van der Waals surface area contributed by atoms with Crippen molar-refractivity contribution < 1.29 is 18.7 Å². The lowest BCUT2D eigenvalue weighted by Gasteiger charge is -2.48. The maximum Gasteiger partial charge on any atom is 0.289 e. The van der Waals surface area contributed by atoms with Crippen LogP contribution in [0.5, 0.6) is 0 Å². The molecule has 150 valence electrons. The molecular formula is C20H31N3O4. The second-order valence-electron chi connectivity index (χ2n) is 8.09. The number of likely N-dealkylation sites (tertiary alicyclic amines) is 2. The van der Waals surface area contributed by atoms with Gasteiger partial charge < -0.3 is 19.0 Å². The molecular weight excluding hydrogens is 346 g/mol. The number of carbonyl (C=O) groups excluding carboxylic acids is 2. The molecule has 2 saturated heterocycles. The Morgan fingerprint density at radius 1 is 1.30 bits per heavy atom. The molecule has 1 atom stereocenters. The summed E-state index contributed by atoms with van der Waals surface area (Å²) in [5.74, 6) is 1.33. The minimum absolute atomic E-state index is 0.115. The fraction of sp³-hybridized carbons (Fsp3) is 0.700. The van der Waals surface area contributed by atoms with Crippen LogP contribution in [0, 0.1) is 5.41 Å². The normalized spacial score (nSPS) is 23.8. The van der Waals surface area contributed by atoms with Crippen molar-refractivity contribution in [3.8, 4) is 0 Å². The van der Waals surface area contributed by atoms with E-state index in [1.54, 1.807) is 27.3 Å². The summed E-state index contributed by atoms with van der Waals surface area (Å²) in [5, 5.41) is 0. The molecule has 7 nitrogen and oxygen atoms in total. The maximum atomic E-state index is 12.2. The van der Waals surface area contributed by atoms with E-state index in [-0.39, 0.29) is 17.2 Å². The molecule has 0 N–H and O–H groups in total. The number of ether oxygens (including phenoxy) is 1. The molecule has 2 aliphatic rings. The Labute approximate surface area is 161 Å². The lowest BCUT2D eigenvalue weighted by Crippen LogP contribution is -2.54. The molecule has 1 spiro atoms. The first-order valence-electron chi connectivity index (χ1n) is 9.72. The number of hydrogen-bond donors (Lipinski definition) is 0. The summed E-state index contributed by atoms with van der Waals surface area (Å²) in [6, 6.07) is 3.65. The highest BCUT2D eigenvalue weighted by atomic mass is 16.5. The molecule has 3 heterocycles. The van der Waals surface area contributed by atoms with Crippen molar-refractivity contribution in [3.63, 3.8) is 0 Å². The van der Waals surface area contributed by atoms with Gasteiger partial charge in [-0.2, -0.15) is 0 Å². The zero-order valence-electron chi connectivity index (χ0n) is 16.7. The first-order chi connectivity index (χ1) is 12.9. The van der Waals surface area contributed by atoms with Gasteiger partial charge in [-0.05, 0) is 37.9 Å². The van der Waals surface area contributed by atoms with Gasteiger partial charge in [0.05, 0.1) is 13.2 Å². The van der Waals surface area contributed by atoms with E-state index in [1.165, 1.54) is 4.90 Å². The smallest absolute Gasteiger partial charge is 0.289 e. The van der Waals surface area contributed by atoms with Crippen LogP contribution in [-0.2, 0) is 16.1 Å². The third-order valence-electron chi connectivity index (χ3n) is 5.71. The summed E-state index contributed by atoms with van der Waals surface area (Å²) in [4.78, 5) is 30.1. The molecule has 1 unspecified atom stereocenters. The second kappa shape index (κ2) is 8.44. The number of rotatable bonds is 6. The standard InChI is InChI=1S/C20H31N3O4/c1-21(2)19(25)17-6-5-16(27-17)13-22-10-4-8-20(14-22)9-7-18(24)23(15-20)11-12-26-3/h5-6H,4,7-15H2,1-3H3. The fourth-order valence-electron chi connectivity index (χ4n) is 4.30. The lowest BCUT2D eigenvalue weighted by molar-refractivity contribution is -0.140. The Bertz CT molecular complexity index is 672. The van der Waals surface area contributed by atoms with Crippen LogP contribution >= 0.6 is 0 Å². The number of amides is 2. The zero-order valence-corrected chi connectivity index (χ0v) is 16.7. The zero-order chi connectivity index (χ0) is 19.4. The van der Waals surface area contributed by atoms with E-state index < -0.39 is 0 Å². The van der Waals surface area contributed by atoms with Crippen molar-refractivity contribution in [1.82, 2.24) is 14.7 Å². The van der Waals surface area contributed by atoms with Crippen LogP contribution in [-0.4, -0.2) is 80.5 Å². The maximum absolute atomic E-state index is 12.2. The quantitative estimate of drug-likeness (QED) is 0.757. The van der Waals surface area contributed by atoms with Gasteiger partial charge in [0.15, 0.2) is 5.76 Å². The average Bonchev–Trinajstić information content (AvgIpc) is 3.10. The molecule has 1 aromatic heterocycles. The third-order valence-corrected chi connectivity index (χ3v) is 5.71. The monoisotopic (exact) mass is 377 g/mol. The topological polar surface area (TPSA) is 66.2 Å². The van der Waals surface area contributed by atoms with E-state index >= 15 is 0 Å². The average molecular weight is 377 g/mol. The SMILES string of the molecule is COCCN1CC2(CCCN(Cc3ccc(C(=O)N(C)C)o3)C2)CCC1=O. The molecule has 7 heteroatoms. The summed E-state index contributed by atoms with van der Waals surface area (Å²) in [5.41, 5.74) is 0.161. The summed E-state index contributed by atoms with van der Waals surface area (Å²) >= 11 is 0. The minimum Gasteiger partial charge on any atom is -0.455 e. The van der Waals surface area contributed by atoms with Crippen LogP contribution < -0.4 is 0 Å². The minimum atomic E-state index is -0.115. The Morgan fingerprint density at radius 2 is 2.11 bits per heavy atom. The van der Waals surface area contributed by atoms with Crippen molar-refractivity contribution >= 4 is 11.8 Å². The van der Waals surface area contributed by atoms with Gasteiger partial charge in [0.2, 0.25) is 5.91 Å². The third kappa shape index (κ3) is 4.71. The molecule has 27 heavy (non-hydrogen) atoms. The Kier molecular flexibility index (Phi) is 6.22. The van der Waals surface area contributed by atoms with Crippen LogP contribution in [0.3, 0.4) is 0 Å². The van der Waals surface area contributed by atoms with Crippen LogP contribution in [0.1, 0.15) is 42.0 Å². The molecule has 0 saturated carbocycles. The highest BCUT2D eigenvalue weighted by Gasteiger charge is 2.41. The number of furan rings is 1. The molecule has 3 rings (SSSR count). The second-order valence-corrected chi connectivity index (χ2v) is 8.09. The van der Waals surface area contributed by atoms with Crippen molar-refractivity contribution in [2.45, 2.75) is 32.2 Å². The first-order valence-corrected chi connectivity index (χ1v) is 9.72. The summed E-state index contributed by atoms with van der Waals surface area (Å²) in [6.07, 6.45) is 3.85. The van der Waals surface area contributed by atoms with Gasteiger partial charge in [0.25, 0.3) is 5.91 Å². The predicted molar refractivity (Wildman–Crippen MR) is 101 cm³/mol. The van der Waals surface area contributed by atoms with E-state index in [4.69, 9.17) is 9.15 Å². The van der Waals surface area contributed by atoms with Gasteiger partial charge in [-0.1, -0.05) is 0 Å². The predicted octanol–water partition coefficient (Wildman–Crippen LogP) is 1.83. The molecule has 0 aliphatic carbocycles. The van der Waals surface area contributed by atoms with Gasteiger partial charge in [-0.25, -0.2) is 0 Å². The Morgan fingerprint density at radius 3 is 2.85 bits per heavy atom. The van der Waals surface area contributed by atoms with Crippen LogP contribution in [0.25, 0.3) is 0 Å². The van der Waals surface area contributed by atoms with Gasteiger partial charge in [0, 0.05) is 52.7 Å². The number of methoxy groups -OCH3 is 1.